The van der Waals surface area contributed by atoms with Crippen LogP contribution >= 0.6 is 0 Å². The topological polar surface area (TPSA) is 70.8 Å². The minimum Gasteiger partial charge on any atom is -0.493 e. The smallest absolute Gasteiger partial charge is 0.323 e. The van der Waals surface area contributed by atoms with Crippen molar-refractivity contribution in [1.82, 2.24) is 0 Å². The summed E-state index contributed by atoms with van der Waals surface area (Å²) in [5, 5.41) is 0. The summed E-state index contributed by atoms with van der Waals surface area (Å²) < 4.78 is 15.6. The average molecular weight is 267 g/mol. The first-order valence-corrected chi connectivity index (χ1v) is 6.34. The number of hydrogen-bond donors (Lipinski definition) is 1. The Balaban J connectivity index is 2.78. The van der Waals surface area contributed by atoms with Crippen LogP contribution < -0.4 is 15.2 Å². The zero-order valence-electron chi connectivity index (χ0n) is 11.6. The van der Waals surface area contributed by atoms with Crippen LogP contribution in [0.1, 0.15) is 19.4 Å². The van der Waals surface area contributed by atoms with Crippen LogP contribution in [0.4, 0.5) is 0 Å². The fourth-order valence-electron chi connectivity index (χ4n) is 1.70. The van der Waals surface area contributed by atoms with Gasteiger partial charge in [-0.3, -0.25) is 4.79 Å². The van der Waals surface area contributed by atoms with E-state index in [0.29, 0.717) is 31.1 Å². The van der Waals surface area contributed by atoms with Crippen LogP contribution in [0.5, 0.6) is 11.5 Å². The number of methoxy groups -OCH3 is 1. The number of carbonyl (C=O) groups is 1. The first-order chi connectivity index (χ1) is 9.12. The van der Waals surface area contributed by atoms with E-state index in [2.05, 4.69) is 0 Å². The molecular weight excluding hydrogens is 246 g/mol. The van der Waals surface area contributed by atoms with Crippen LogP contribution in [-0.4, -0.2) is 32.3 Å². The monoisotopic (exact) mass is 267 g/mol. The molecule has 5 nitrogen and oxygen atoms in total. The molecular formula is C14H21NO4. The van der Waals surface area contributed by atoms with Gasteiger partial charge in [0, 0.05) is 0 Å². The van der Waals surface area contributed by atoms with Crippen LogP contribution in [0.2, 0.25) is 0 Å². The van der Waals surface area contributed by atoms with Crippen molar-refractivity contribution < 1.29 is 19.0 Å². The minimum absolute atomic E-state index is 0.333. The molecule has 1 aromatic rings. The maximum absolute atomic E-state index is 11.5. The Morgan fingerprint density at radius 3 is 2.58 bits per heavy atom. The Hall–Kier alpha value is -1.75. The molecule has 1 aromatic carbocycles. The Morgan fingerprint density at radius 2 is 2.00 bits per heavy atom. The van der Waals surface area contributed by atoms with Crippen LogP contribution in [0, 0.1) is 0 Å². The molecule has 0 heterocycles. The molecule has 0 aliphatic carbocycles. The number of ether oxygens (including phenoxy) is 3. The minimum atomic E-state index is -0.664. The quantitative estimate of drug-likeness (QED) is 0.758. The Bertz CT molecular complexity index is 420. The SMILES string of the molecule is CCOC(=O)C(N)Cc1ccc(OC)c(OCC)c1. The van der Waals surface area contributed by atoms with Crippen LogP contribution in [0.15, 0.2) is 18.2 Å². The van der Waals surface area contributed by atoms with E-state index in [-0.39, 0.29) is 0 Å². The highest BCUT2D eigenvalue weighted by molar-refractivity contribution is 5.75. The lowest BCUT2D eigenvalue weighted by molar-refractivity contribution is -0.144. The standard InChI is InChI=1S/C14H21NO4/c1-4-18-13-9-10(6-7-12(13)17-3)8-11(15)14(16)19-5-2/h6-7,9,11H,4-5,8,15H2,1-3H3. The molecule has 0 amide bonds. The van der Waals surface area contributed by atoms with Gasteiger partial charge in [0.15, 0.2) is 11.5 Å². The summed E-state index contributed by atoms with van der Waals surface area (Å²) in [6.45, 7) is 4.53. The summed E-state index contributed by atoms with van der Waals surface area (Å²) in [6, 6.07) is 4.84. The molecule has 5 heteroatoms. The molecule has 0 aliphatic heterocycles. The second-order valence-electron chi connectivity index (χ2n) is 3.98. The molecule has 19 heavy (non-hydrogen) atoms. The molecule has 0 spiro atoms. The van der Waals surface area contributed by atoms with Crippen molar-refractivity contribution in [3.05, 3.63) is 23.8 Å². The van der Waals surface area contributed by atoms with Gasteiger partial charge in [-0.1, -0.05) is 6.07 Å². The third-order valence-electron chi connectivity index (χ3n) is 2.57. The van der Waals surface area contributed by atoms with Gasteiger partial charge in [0.1, 0.15) is 6.04 Å². The second kappa shape index (κ2) is 7.63. The zero-order chi connectivity index (χ0) is 14.3. The summed E-state index contributed by atoms with van der Waals surface area (Å²) in [6.07, 6.45) is 0.406. The highest BCUT2D eigenvalue weighted by Crippen LogP contribution is 2.28. The number of nitrogens with two attached hydrogens (primary N) is 1. The molecule has 2 N–H and O–H groups in total. The fraction of sp³-hybridized carbons (Fsp3) is 0.500. The van der Waals surface area contributed by atoms with Gasteiger partial charge >= 0.3 is 5.97 Å². The van der Waals surface area contributed by atoms with Crippen LogP contribution in [0.3, 0.4) is 0 Å². The Labute approximate surface area is 113 Å². The van der Waals surface area contributed by atoms with Crippen molar-refractivity contribution in [1.29, 1.82) is 0 Å². The number of esters is 1. The Morgan fingerprint density at radius 1 is 1.26 bits per heavy atom. The van der Waals surface area contributed by atoms with Crippen molar-refractivity contribution in [3.8, 4) is 11.5 Å². The van der Waals surface area contributed by atoms with Crippen molar-refractivity contribution in [3.63, 3.8) is 0 Å². The van der Waals surface area contributed by atoms with Crippen LogP contribution in [0.25, 0.3) is 0 Å². The molecule has 1 unspecified atom stereocenters. The lowest BCUT2D eigenvalue weighted by Crippen LogP contribution is -2.34. The number of hydrogen-bond acceptors (Lipinski definition) is 5. The van der Waals surface area contributed by atoms with Crippen molar-refractivity contribution in [2.24, 2.45) is 5.73 Å². The third-order valence-corrected chi connectivity index (χ3v) is 2.57. The highest BCUT2D eigenvalue weighted by Gasteiger charge is 2.16. The third kappa shape index (κ3) is 4.44. The van der Waals surface area contributed by atoms with Crippen molar-refractivity contribution in [2.45, 2.75) is 26.3 Å². The van der Waals surface area contributed by atoms with E-state index < -0.39 is 12.0 Å². The molecule has 1 atom stereocenters. The summed E-state index contributed by atoms with van der Waals surface area (Å²) >= 11 is 0. The molecule has 0 saturated heterocycles. The van der Waals surface area contributed by atoms with E-state index in [1.165, 1.54) is 0 Å². The number of rotatable bonds is 7. The van der Waals surface area contributed by atoms with Gasteiger partial charge in [0.05, 0.1) is 20.3 Å². The molecule has 106 valence electrons. The first-order valence-electron chi connectivity index (χ1n) is 6.34. The van der Waals surface area contributed by atoms with Crippen LogP contribution in [-0.2, 0) is 16.0 Å². The zero-order valence-corrected chi connectivity index (χ0v) is 11.6. The first kappa shape index (κ1) is 15.3. The number of benzene rings is 1. The van der Waals surface area contributed by atoms with E-state index in [0.717, 1.165) is 5.56 Å². The highest BCUT2D eigenvalue weighted by atomic mass is 16.5. The Kier molecular flexibility index (Phi) is 6.15. The molecule has 0 radical (unpaired) electrons. The summed E-state index contributed by atoms with van der Waals surface area (Å²) in [5.41, 5.74) is 6.69. The van der Waals surface area contributed by atoms with Gasteiger partial charge in [-0.2, -0.15) is 0 Å². The van der Waals surface area contributed by atoms with E-state index in [9.17, 15) is 4.79 Å². The molecule has 0 fully saturated rings. The molecule has 1 rings (SSSR count). The summed E-state index contributed by atoms with van der Waals surface area (Å²) in [4.78, 5) is 11.5. The maximum Gasteiger partial charge on any atom is 0.323 e. The van der Waals surface area contributed by atoms with Crippen molar-refractivity contribution >= 4 is 5.97 Å². The largest absolute Gasteiger partial charge is 0.493 e. The van der Waals surface area contributed by atoms with E-state index in [1.807, 2.05) is 19.1 Å². The van der Waals surface area contributed by atoms with E-state index >= 15 is 0 Å². The normalized spacial score (nSPS) is 11.8. The molecule has 0 bridgehead atoms. The fourth-order valence-corrected chi connectivity index (χ4v) is 1.70. The molecule has 0 aliphatic rings. The van der Waals surface area contributed by atoms with Gasteiger partial charge in [-0.15, -0.1) is 0 Å². The second-order valence-corrected chi connectivity index (χ2v) is 3.98. The predicted octanol–water partition coefficient (Wildman–Crippen LogP) is 1.53. The van der Waals surface area contributed by atoms with Gasteiger partial charge in [0.2, 0.25) is 0 Å². The summed E-state index contributed by atoms with van der Waals surface area (Å²) in [7, 11) is 1.59. The maximum atomic E-state index is 11.5. The predicted molar refractivity (Wildman–Crippen MR) is 72.5 cm³/mol. The lowest BCUT2D eigenvalue weighted by Gasteiger charge is -2.13. The van der Waals surface area contributed by atoms with Gasteiger partial charge in [-0.25, -0.2) is 0 Å². The van der Waals surface area contributed by atoms with E-state index in [1.54, 1.807) is 20.1 Å². The average Bonchev–Trinajstić information content (AvgIpc) is 2.39. The molecule has 0 saturated carbocycles. The van der Waals surface area contributed by atoms with Crippen molar-refractivity contribution in [2.75, 3.05) is 20.3 Å². The summed E-state index contributed by atoms with van der Waals surface area (Å²) in [5.74, 6) is 0.921. The molecule has 0 aromatic heterocycles. The lowest BCUT2D eigenvalue weighted by atomic mass is 10.1. The number of carbonyl (C=O) groups excluding carboxylic acids is 1. The van der Waals surface area contributed by atoms with E-state index in [4.69, 9.17) is 19.9 Å². The van der Waals surface area contributed by atoms with Gasteiger partial charge in [0.25, 0.3) is 0 Å². The van der Waals surface area contributed by atoms with Gasteiger partial charge in [-0.05, 0) is 38.0 Å². The van der Waals surface area contributed by atoms with Gasteiger partial charge < -0.3 is 19.9 Å².